The van der Waals surface area contributed by atoms with Crippen LogP contribution in [0.1, 0.15) is 35.2 Å². The number of rotatable bonds is 10. The minimum atomic E-state index is -0.496. The highest BCUT2D eigenvalue weighted by atomic mass is 35.5. The zero-order valence-corrected chi connectivity index (χ0v) is 19.4. The normalized spacial score (nSPS) is 12.6. The summed E-state index contributed by atoms with van der Waals surface area (Å²) in [6.45, 7) is 0. The van der Waals surface area contributed by atoms with E-state index in [0.29, 0.717) is 16.5 Å². The third-order valence-electron chi connectivity index (χ3n) is 5.45. The zero-order chi connectivity index (χ0) is 22.9. The molecule has 2 atom stereocenters. The molecule has 3 aromatic rings. The second kappa shape index (κ2) is 11.6. The highest BCUT2D eigenvalue weighted by Crippen LogP contribution is 2.33. The van der Waals surface area contributed by atoms with E-state index in [0.717, 1.165) is 24.0 Å². The molecule has 0 saturated heterocycles. The third-order valence-corrected chi connectivity index (χ3v) is 5.71. The van der Waals surface area contributed by atoms with Crippen LogP contribution < -0.4 is 20.1 Å². The van der Waals surface area contributed by atoms with Gasteiger partial charge in [-0.05, 0) is 53.8 Å². The average molecular weight is 453 g/mol. The molecule has 0 aliphatic heterocycles. The topological polar surface area (TPSA) is 59.6 Å². The Bertz CT molecular complexity index is 1010. The van der Waals surface area contributed by atoms with Crippen molar-refractivity contribution in [2.24, 2.45) is 0 Å². The number of benzene rings is 3. The fraction of sp³-hybridized carbons (Fsp3) is 0.269. The van der Waals surface area contributed by atoms with Gasteiger partial charge in [0, 0.05) is 18.1 Å². The minimum absolute atomic E-state index is 0.0897. The van der Waals surface area contributed by atoms with Crippen LogP contribution in [0.4, 0.5) is 0 Å². The Morgan fingerprint density at radius 3 is 2.22 bits per heavy atom. The first-order valence-electron chi connectivity index (χ1n) is 10.5. The Balaban J connectivity index is 1.93. The SMILES string of the molecule is CNC(=O)[C@@H](N[C@H](CCc1ccc(Cl)cc1)c1ccc(OC)c(OC)c1)c1ccccc1. The van der Waals surface area contributed by atoms with E-state index in [2.05, 4.69) is 10.6 Å². The van der Waals surface area contributed by atoms with Crippen LogP contribution in [0.25, 0.3) is 0 Å². The molecular weight excluding hydrogens is 424 g/mol. The summed E-state index contributed by atoms with van der Waals surface area (Å²) in [6, 6.07) is 22.8. The lowest BCUT2D eigenvalue weighted by Crippen LogP contribution is -2.38. The first kappa shape index (κ1) is 23.6. The van der Waals surface area contributed by atoms with Crippen LogP contribution in [0.15, 0.2) is 72.8 Å². The molecule has 0 unspecified atom stereocenters. The standard InChI is InChI=1S/C26H29ClN2O3/c1-28-26(30)25(19-7-5-4-6-8-19)29-22(15-11-18-9-13-21(27)14-10-18)20-12-16-23(31-2)24(17-20)32-3/h4-10,12-14,16-17,22,25,29H,11,15H2,1-3H3,(H,28,30)/t22-,25+/m1/s1. The van der Waals surface area contributed by atoms with Crippen molar-refractivity contribution in [3.63, 3.8) is 0 Å². The van der Waals surface area contributed by atoms with Crippen LogP contribution in [0.5, 0.6) is 11.5 Å². The van der Waals surface area contributed by atoms with E-state index >= 15 is 0 Å². The van der Waals surface area contributed by atoms with E-state index in [1.165, 1.54) is 5.56 Å². The summed E-state index contributed by atoms with van der Waals surface area (Å²) in [5, 5.41) is 7.07. The van der Waals surface area contributed by atoms with E-state index in [4.69, 9.17) is 21.1 Å². The van der Waals surface area contributed by atoms with Gasteiger partial charge in [-0.2, -0.15) is 0 Å². The summed E-state index contributed by atoms with van der Waals surface area (Å²) in [4.78, 5) is 12.8. The van der Waals surface area contributed by atoms with Crippen LogP contribution in [-0.4, -0.2) is 27.2 Å². The van der Waals surface area contributed by atoms with Gasteiger partial charge < -0.3 is 14.8 Å². The van der Waals surface area contributed by atoms with Crippen molar-refractivity contribution in [2.75, 3.05) is 21.3 Å². The predicted molar refractivity (Wildman–Crippen MR) is 128 cm³/mol. The monoisotopic (exact) mass is 452 g/mol. The number of methoxy groups -OCH3 is 2. The van der Waals surface area contributed by atoms with Crippen molar-refractivity contribution < 1.29 is 14.3 Å². The molecule has 168 valence electrons. The Kier molecular flexibility index (Phi) is 8.54. The Labute approximate surface area is 194 Å². The molecule has 0 aromatic heterocycles. The molecule has 0 bridgehead atoms. The number of carbonyl (C=O) groups is 1. The number of hydrogen-bond acceptors (Lipinski definition) is 4. The molecule has 0 aliphatic carbocycles. The molecule has 3 rings (SSSR count). The number of likely N-dealkylation sites (N-methyl/N-ethyl adjacent to an activating group) is 1. The third kappa shape index (κ3) is 6.02. The largest absolute Gasteiger partial charge is 0.493 e. The van der Waals surface area contributed by atoms with E-state index in [9.17, 15) is 4.79 Å². The zero-order valence-electron chi connectivity index (χ0n) is 18.6. The van der Waals surface area contributed by atoms with E-state index in [1.54, 1.807) is 21.3 Å². The predicted octanol–water partition coefficient (Wildman–Crippen LogP) is 5.11. The molecule has 0 radical (unpaired) electrons. The second-order valence-corrected chi connectivity index (χ2v) is 7.89. The lowest BCUT2D eigenvalue weighted by molar-refractivity contribution is -0.123. The molecule has 0 saturated carbocycles. The number of aryl methyl sites for hydroxylation is 1. The van der Waals surface area contributed by atoms with Gasteiger partial charge in [0.2, 0.25) is 5.91 Å². The first-order valence-corrected chi connectivity index (χ1v) is 10.9. The molecule has 0 aliphatic rings. The van der Waals surface area contributed by atoms with Crippen LogP contribution in [-0.2, 0) is 11.2 Å². The van der Waals surface area contributed by atoms with Crippen LogP contribution in [0, 0.1) is 0 Å². The average Bonchev–Trinajstić information content (AvgIpc) is 2.85. The van der Waals surface area contributed by atoms with Gasteiger partial charge in [0.05, 0.1) is 14.2 Å². The Morgan fingerprint density at radius 2 is 1.59 bits per heavy atom. The maximum absolute atomic E-state index is 12.8. The van der Waals surface area contributed by atoms with Gasteiger partial charge in [-0.1, -0.05) is 60.1 Å². The van der Waals surface area contributed by atoms with Crippen LogP contribution >= 0.6 is 11.6 Å². The summed E-state index contributed by atoms with van der Waals surface area (Å²) in [5.74, 6) is 1.23. The van der Waals surface area contributed by atoms with Crippen molar-refractivity contribution in [3.8, 4) is 11.5 Å². The number of hydrogen-bond donors (Lipinski definition) is 2. The van der Waals surface area contributed by atoms with Crippen molar-refractivity contribution >= 4 is 17.5 Å². The van der Waals surface area contributed by atoms with Gasteiger partial charge in [0.1, 0.15) is 6.04 Å². The van der Waals surface area contributed by atoms with E-state index < -0.39 is 6.04 Å². The van der Waals surface area contributed by atoms with Gasteiger partial charge in [-0.15, -0.1) is 0 Å². The van der Waals surface area contributed by atoms with Crippen LogP contribution in [0.2, 0.25) is 5.02 Å². The summed E-state index contributed by atoms with van der Waals surface area (Å²) in [5.41, 5.74) is 3.10. The molecule has 0 fully saturated rings. The smallest absolute Gasteiger partial charge is 0.241 e. The van der Waals surface area contributed by atoms with Gasteiger partial charge >= 0.3 is 0 Å². The fourth-order valence-electron chi connectivity index (χ4n) is 3.69. The van der Waals surface area contributed by atoms with Gasteiger partial charge in [-0.3, -0.25) is 10.1 Å². The Morgan fingerprint density at radius 1 is 0.906 bits per heavy atom. The van der Waals surface area contributed by atoms with Crippen molar-refractivity contribution in [1.82, 2.24) is 10.6 Å². The van der Waals surface area contributed by atoms with Crippen molar-refractivity contribution in [2.45, 2.75) is 24.9 Å². The number of ether oxygens (including phenoxy) is 2. The highest BCUT2D eigenvalue weighted by Gasteiger charge is 2.24. The molecule has 5 nitrogen and oxygen atoms in total. The molecule has 32 heavy (non-hydrogen) atoms. The summed E-state index contributed by atoms with van der Waals surface area (Å²) in [6.07, 6.45) is 1.59. The number of amides is 1. The summed E-state index contributed by atoms with van der Waals surface area (Å²) >= 11 is 6.04. The number of nitrogens with one attached hydrogen (secondary N) is 2. The van der Waals surface area contributed by atoms with Gasteiger partial charge in [0.25, 0.3) is 0 Å². The minimum Gasteiger partial charge on any atom is -0.493 e. The maximum Gasteiger partial charge on any atom is 0.241 e. The highest BCUT2D eigenvalue weighted by molar-refractivity contribution is 6.30. The Hall–Kier alpha value is -3.02. The van der Waals surface area contributed by atoms with E-state index in [1.807, 2.05) is 72.8 Å². The van der Waals surface area contributed by atoms with Gasteiger partial charge in [0.15, 0.2) is 11.5 Å². The number of halogens is 1. The van der Waals surface area contributed by atoms with Crippen molar-refractivity contribution in [1.29, 1.82) is 0 Å². The molecule has 2 N–H and O–H groups in total. The second-order valence-electron chi connectivity index (χ2n) is 7.46. The van der Waals surface area contributed by atoms with Crippen molar-refractivity contribution in [3.05, 3.63) is 94.5 Å². The lowest BCUT2D eigenvalue weighted by atomic mass is 9.96. The number of carbonyl (C=O) groups excluding carboxylic acids is 1. The van der Waals surface area contributed by atoms with Gasteiger partial charge in [-0.25, -0.2) is 0 Å². The summed E-state index contributed by atoms with van der Waals surface area (Å²) < 4.78 is 10.9. The molecule has 3 aromatic carbocycles. The van der Waals surface area contributed by atoms with Crippen LogP contribution in [0.3, 0.4) is 0 Å². The van der Waals surface area contributed by atoms with E-state index in [-0.39, 0.29) is 11.9 Å². The first-order chi connectivity index (χ1) is 15.5. The molecule has 1 amide bonds. The maximum atomic E-state index is 12.8. The quantitative estimate of drug-likeness (QED) is 0.449. The molecule has 0 heterocycles. The fourth-order valence-corrected chi connectivity index (χ4v) is 3.82. The summed E-state index contributed by atoms with van der Waals surface area (Å²) in [7, 11) is 4.89. The lowest BCUT2D eigenvalue weighted by Gasteiger charge is -2.26. The molecule has 0 spiro atoms. The molecule has 6 heteroatoms. The molecular formula is C26H29ClN2O3.